The third kappa shape index (κ3) is 4.07. The molecule has 1 heterocycles. The molecule has 126 valence electrons. The molecule has 0 saturated heterocycles. The molecule has 1 aliphatic rings. The Balaban J connectivity index is 2.41. The number of benzene rings is 1. The second-order valence-corrected chi connectivity index (χ2v) is 6.83. The first-order valence-electron chi connectivity index (χ1n) is 7.53. The number of thiocarbonyl (C=S) groups is 1. The summed E-state index contributed by atoms with van der Waals surface area (Å²) in [5.74, 6) is 0.674. The highest BCUT2D eigenvalue weighted by atomic mass is 32.2. The Morgan fingerprint density at radius 1 is 1.26 bits per heavy atom. The summed E-state index contributed by atoms with van der Waals surface area (Å²) in [5.41, 5.74) is 1.56. The predicted molar refractivity (Wildman–Crippen MR) is 95.9 cm³/mol. The van der Waals surface area contributed by atoms with E-state index in [-0.39, 0.29) is 6.10 Å². The molecule has 2 rings (SSSR count). The van der Waals surface area contributed by atoms with Crippen LogP contribution >= 0.6 is 24.3 Å². The standard InChI is InChI=1S/C17H22O4S2/c1-6-17(4)14(15(16(22)20-17)19-11(2)3)12-7-9-13(10-8-12)23-21-18-5/h7-11H,6H2,1-5H3/t17-/m0/s1. The van der Waals surface area contributed by atoms with Crippen molar-refractivity contribution in [3.8, 4) is 0 Å². The van der Waals surface area contributed by atoms with Gasteiger partial charge < -0.3 is 9.47 Å². The summed E-state index contributed by atoms with van der Waals surface area (Å²) in [6.45, 7) is 8.09. The third-order valence-corrected chi connectivity index (χ3v) is 4.57. The Labute approximate surface area is 147 Å². The molecular formula is C17H22O4S2. The summed E-state index contributed by atoms with van der Waals surface area (Å²) in [4.78, 5) is 5.54. The average molecular weight is 354 g/mol. The minimum absolute atomic E-state index is 0.0330. The average Bonchev–Trinajstić information content (AvgIpc) is 2.77. The van der Waals surface area contributed by atoms with Crippen LogP contribution < -0.4 is 0 Å². The SMILES string of the molecule is CC[C@]1(C)OC(=S)C(OC(C)C)=C1c1ccc(SOOC)cc1. The summed E-state index contributed by atoms with van der Waals surface area (Å²) in [6.07, 6.45) is 0.835. The zero-order valence-electron chi connectivity index (χ0n) is 14.0. The Kier molecular flexibility index (Phi) is 6.08. The van der Waals surface area contributed by atoms with E-state index in [9.17, 15) is 0 Å². The highest BCUT2D eigenvalue weighted by Gasteiger charge is 2.43. The second-order valence-electron chi connectivity index (χ2n) is 5.69. The molecule has 0 fully saturated rings. The maximum Gasteiger partial charge on any atom is 0.228 e. The summed E-state index contributed by atoms with van der Waals surface area (Å²) >= 11 is 6.55. The molecule has 0 spiro atoms. The van der Waals surface area contributed by atoms with E-state index < -0.39 is 5.60 Å². The van der Waals surface area contributed by atoms with Gasteiger partial charge in [-0.25, -0.2) is 4.89 Å². The van der Waals surface area contributed by atoms with Gasteiger partial charge >= 0.3 is 0 Å². The molecule has 0 bridgehead atoms. The summed E-state index contributed by atoms with van der Waals surface area (Å²) in [5, 5.41) is 0.430. The van der Waals surface area contributed by atoms with Gasteiger partial charge in [0.05, 0.1) is 25.3 Å². The highest BCUT2D eigenvalue weighted by Crippen LogP contribution is 2.43. The van der Waals surface area contributed by atoms with E-state index in [2.05, 4.69) is 11.8 Å². The fourth-order valence-corrected chi connectivity index (χ4v) is 3.15. The molecule has 23 heavy (non-hydrogen) atoms. The van der Waals surface area contributed by atoms with Crippen LogP contribution in [0, 0.1) is 0 Å². The summed E-state index contributed by atoms with van der Waals surface area (Å²) in [6, 6.07) is 7.98. The quantitative estimate of drug-likeness (QED) is 0.299. The first-order chi connectivity index (χ1) is 10.9. The van der Waals surface area contributed by atoms with E-state index in [4.69, 9.17) is 26.0 Å². The molecule has 0 aliphatic carbocycles. The van der Waals surface area contributed by atoms with Crippen LogP contribution in [0.5, 0.6) is 0 Å². The monoisotopic (exact) mass is 354 g/mol. The second kappa shape index (κ2) is 7.66. The number of hydrogen-bond donors (Lipinski definition) is 0. The fourth-order valence-electron chi connectivity index (χ4n) is 2.42. The molecule has 4 nitrogen and oxygen atoms in total. The molecule has 1 aromatic rings. The van der Waals surface area contributed by atoms with Crippen molar-refractivity contribution < 1.29 is 18.7 Å². The molecule has 6 heteroatoms. The van der Waals surface area contributed by atoms with Crippen molar-refractivity contribution in [3.63, 3.8) is 0 Å². The Hall–Kier alpha value is -1.08. The Morgan fingerprint density at radius 2 is 1.91 bits per heavy atom. The van der Waals surface area contributed by atoms with Crippen molar-refractivity contribution in [2.45, 2.75) is 50.7 Å². The van der Waals surface area contributed by atoms with Crippen LogP contribution in [0.3, 0.4) is 0 Å². The van der Waals surface area contributed by atoms with Gasteiger partial charge in [0, 0.05) is 10.5 Å². The maximum absolute atomic E-state index is 5.96. The van der Waals surface area contributed by atoms with Crippen LogP contribution in [-0.2, 0) is 18.7 Å². The largest absolute Gasteiger partial charge is 0.486 e. The smallest absolute Gasteiger partial charge is 0.228 e. The van der Waals surface area contributed by atoms with Crippen molar-refractivity contribution in [2.24, 2.45) is 0 Å². The van der Waals surface area contributed by atoms with Crippen LogP contribution in [0.15, 0.2) is 34.9 Å². The minimum Gasteiger partial charge on any atom is -0.486 e. The summed E-state index contributed by atoms with van der Waals surface area (Å²) in [7, 11) is 1.48. The van der Waals surface area contributed by atoms with Crippen molar-refractivity contribution in [3.05, 3.63) is 35.6 Å². The van der Waals surface area contributed by atoms with E-state index in [1.807, 2.05) is 45.0 Å². The highest BCUT2D eigenvalue weighted by molar-refractivity contribution is 7.94. The maximum atomic E-state index is 5.96. The topological polar surface area (TPSA) is 36.9 Å². The first kappa shape index (κ1) is 18.3. The molecule has 0 aromatic heterocycles. The molecule has 0 N–H and O–H groups in total. The van der Waals surface area contributed by atoms with Gasteiger partial charge in [0.1, 0.15) is 5.60 Å². The number of hydrogen-bond acceptors (Lipinski definition) is 6. The van der Waals surface area contributed by atoms with E-state index in [0.29, 0.717) is 10.8 Å². The van der Waals surface area contributed by atoms with Gasteiger partial charge in [-0.3, -0.25) is 0 Å². The third-order valence-electron chi connectivity index (χ3n) is 3.63. The lowest BCUT2D eigenvalue weighted by atomic mass is 9.88. The Bertz CT molecular complexity index is 595. The number of ether oxygens (including phenoxy) is 2. The Morgan fingerprint density at radius 3 is 2.43 bits per heavy atom. The van der Waals surface area contributed by atoms with Gasteiger partial charge in [0.15, 0.2) is 5.76 Å². The van der Waals surface area contributed by atoms with Gasteiger partial charge in [0.25, 0.3) is 0 Å². The normalized spacial score (nSPS) is 21.0. The van der Waals surface area contributed by atoms with Crippen LogP contribution in [0.2, 0.25) is 0 Å². The lowest BCUT2D eigenvalue weighted by Crippen LogP contribution is -2.25. The van der Waals surface area contributed by atoms with E-state index in [0.717, 1.165) is 34.5 Å². The van der Waals surface area contributed by atoms with Crippen LogP contribution in [-0.4, -0.2) is 23.9 Å². The van der Waals surface area contributed by atoms with Gasteiger partial charge in [-0.2, -0.15) is 4.33 Å². The molecule has 1 aromatic carbocycles. The van der Waals surface area contributed by atoms with Crippen molar-refractivity contribution >= 4 is 34.9 Å². The molecular weight excluding hydrogens is 332 g/mol. The van der Waals surface area contributed by atoms with Gasteiger partial charge in [0.2, 0.25) is 5.05 Å². The van der Waals surface area contributed by atoms with Crippen molar-refractivity contribution in [1.82, 2.24) is 0 Å². The minimum atomic E-state index is -0.473. The summed E-state index contributed by atoms with van der Waals surface area (Å²) < 4.78 is 16.8. The van der Waals surface area contributed by atoms with Gasteiger partial charge in [-0.05, 0) is 57.1 Å². The lowest BCUT2D eigenvalue weighted by Gasteiger charge is -2.25. The number of rotatable bonds is 7. The molecule has 0 unspecified atom stereocenters. The van der Waals surface area contributed by atoms with Crippen molar-refractivity contribution in [1.29, 1.82) is 0 Å². The zero-order chi connectivity index (χ0) is 17.0. The van der Waals surface area contributed by atoms with Gasteiger partial charge in [-0.15, -0.1) is 0 Å². The van der Waals surface area contributed by atoms with E-state index >= 15 is 0 Å². The van der Waals surface area contributed by atoms with Crippen LogP contribution in [0.25, 0.3) is 5.57 Å². The van der Waals surface area contributed by atoms with Crippen LogP contribution in [0.4, 0.5) is 0 Å². The van der Waals surface area contributed by atoms with E-state index in [1.165, 1.54) is 7.11 Å². The van der Waals surface area contributed by atoms with Crippen LogP contribution in [0.1, 0.15) is 39.7 Å². The van der Waals surface area contributed by atoms with Crippen molar-refractivity contribution in [2.75, 3.05) is 7.11 Å². The first-order valence-corrected chi connectivity index (χ1v) is 8.68. The predicted octanol–water partition coefficient (Wildman–Crippen LogP) is 4.93. The molecule has 1 atom stereocenters. The lowest BCUT2D eigenvalue weighted by molar-refractivity contribution is -0.160. The zero-order valence-corrected chi connectivity index (χ0v) is 15.7. The fraction of sp³-hybridized carbons (Fsp3) is 0.471. The molecule has 0 saturated carbocycles. The van der Waals surface area contributed by atoms with E-state index in [1.54, 1.807) is 0 Å². The molecule has 0 radical (unpaired) electrons. The van der Waals surface area contributed by atoms with Gasteiger partial charge in [-0.1, -0.05) is 19.1 Å². The molecule has 1 aliphatic heterocycles. The molecule has 0 amide bonds.